The molecule has 0 aliphatic carbocycles. The van der Waals surface area contributed by atoms with Crippen molar-refractivity contribution in [3.8, 4) is 0 Å². The molecule has 1 aromatic carbocycles. The number of halogens is 2. The van der Waals surface area contributed by atoms with Gasteiger partial charge in [-0.15, -0.1) is 0 Å². The highest BCUT2D eigenvalue weighted by Gasteiger charge is 2.16. The van der Waals surface area contributed by atoms with Crippen LogP contribution in [0, 0.1) is 5.82 Å². The van der Waals surface area contributed by atoms with Crippen molar-refractivity contribution in [2.24, 2.45) is 0 Å². The van der Waals surface area contributed by atoms with E-state index in [1.165, 1.54) is 19.2 Å². The van der Waals surface area contributed by atoms with Gasteiger partial charge in [-0.1, -0.05) is 0 Å². The summed E-state index contributed by atoms with van der Waals surface area (Å²) in [7, 11) is 1.25. The van der Waals surface area contributed by atoms with Gasteiger partial charge in [-0.2, -0.15) is 5.10 Å². The number of nitrogens with one attached hydrogen (secondary N) is 1. The maximum absolute atomic E-state index is 13.1. The van der Waals surface area contributed by atoms with Crippen molar-refractivity contribution in [2.75, 3.05) is 7.11 Å². The molecule has 0 aliphatic rings. The molecule has 2 aromatic rings. The molecule has 1 aromatic heterocycles. The van der Waals surface area contributed by atoms with Gasteiger partial charge in [-0.3, -0.25) is 5.10 Å². The summed E-state index contributed by atoms with van der Waals surface area (Å²) in [6.07, 6.45) is 0. The first-order chi connectivity index (χ1) is 7.13. The highest BCUT2D eigenvalue weighted by molar-refractivity contribution is 9.10. The number of hydrogen-bond acceptors (Lipinski definition) is 3. The molecule has 0 aliphatic heterocycles. The highest BCUT2D eigenvalue weighted by Crippen LogP contribution is 2.25. The molecule has 1 N–H and O–H groups in total. The monoisotopic (exact) mass is 272 g/mol. The van der Waals surface area contributed by atoms with Crippen LogP contribution in [-0.2, 0) is 4.74 Å². The van der Waals surface area contributed by atoms with Crippen molar-refractivity contribution >= 4 is 32.8 Å². The van der Waals surface area contributed by atoms with Gasteiger partial charge >= 0.3 is 5.97 Å². The lowest BCUT2D eigenvalue weighted by Gasteiger charge is -1.96. The first-order valence-corrected chi connectivity index (χ1v) is 4.84. The van der Waals surface area contributed by atoms with E-state index in [4.69, 9.17) is 0 Å². The Morgan fingerprint density at radius 1 is 1.60 bits per heavy atom. The van der Waals surface area contributed by atoms with E-state index in [1.54, 1.807) is 0 Å². The van der Waals surface area contributed by atoms with Gasteiger partial charge in [0.05, 0.1) is 7.11 Å². The number of H-pyrrole nitrogens is 1. The van der Waals surface area contributed by atoms with E-state index in [0.717, 1.165) is 0 Å². The van der Waals surface area contributed by atoms with E-state index >= 15 is 0 Å². The van der Waals surface area contributed by atoms with Crippen LogP contribution in [0.2, 0.25) is 0 Å². The second-order valence-electron chi connectivity index (χ2n) is 2.87. The zero-order chi connectivity index (χ0) is 11.0. The van der Waals surface area contributed by atoms with Crippen LogP contribution in [0.5, 0.6) is 0 Å². The number of aromatic nitrogens is 2. The smallest absolute Gasteiger partial charge is 0.356 e. The summed E-state index contributed by atoms with van der Waals surface area (Å²) >= 11 is 3.16. The molecule has 0 unspecified atom stereocenters. The maximum atomic E-state index is 13.1. The van der Waals surface area contributed by atoms with Crippen molar-refractivity contribution in [1.82, 2.24) is 10.2 Å². The fourth-order valence-corrected chi connectivity index (χ4v) is 1.82. The predicted molar refractivity (Wildman–Crippen MR) is 55.1 cm³/mol. The lowest BCUT2D eigenvalue weighted by Crippen LogP contribution is -2.01. The van der Waals surface area contributed by atoms with Crippen molar-refractivity contribution < 1.29 is 13.9 Å². The average molecular weight is 273 g/mol. The lowest BCUT2D eigenvalue weighted by atomic mass is 10.2. The van der Waals surface area contributed by atoms with E-state index in [1.807, 2.05) is 0 Å². The molecule has 0 saturated heterocycles. The second-order valence-corrected chi connectivity index (χ2v) is 3.73. The molecular formula is C9H6BrFN2O2. The zero-order valence-electron chi connectivity index (χ0n) is 7.67. The van der Waals surface area contributed by atoms with E-state index in [0.29, 0.717) is 15.4 Å². The van der Waals surface area contributed by atoms with Crippen LogP contribution in [0.3, 0.4) is 0 Å². The Kier molecular flexibility index (Phi) is 2.44. The molecule has 15 heavy (non-hydrogen) atoms. The maximum Gasteiger partial charge on any atom is 0.356 e. The van der Waals surface area contributed by atoms with Gasteiger partial charge in [0.1, 0.15) is 11.3 Å². The molecule has 0 radical (unpaired) electrons. The van der Waals surface area contributed by atoms with Crippen LogP contribution in [0.4, 0.5) is 4.39 Å². The summed E-state index contributed by atoms with van der Waals surface area (Å²) in [5.41, 5.74) is 0.643. The average Bonchev–Trinajstić information content (AvgIpc) is 2.60. The number of nitrogens with zero attached hydrogens (tertiary/aromatic N) is 1. The zero-order valence-corrected chi connectivity index (χ0v) is 9.26. The van der Waals surface area contributed by atoms with Crippen molar-refractivity contribution in [2.45, 2.75) is 0 Å². The minimum atomic E-state index is -0.574. The minimum absolute atomic E-state index is 0.146. The van der Waals surface area contributed by atoms with Crippen LogP contribution in [0.1, 0.15) is 10.5 Å². The molecule has 0 amide bonds. The standard InChI is InChI=1S/C9H6BrFN2O2/c1-15-9(14)8-5-2-4(11)3-6(10)7(5)12-13-8/h2-3H,1H3,(H,12,13). The molecule has 0 fully saturated rings. The predicted octanol–water partition coefficient (Wildman–Crippen LogP) is 2.25. The van der Waals surface area contributed by atoms with Gasteiger partial charge in [0.2, 0.25) is 0 Å². The molecule has 2 rings (SSSR count). The van der Waals surface area contributed by atoms with E-state index in [9.17, 15) is 9.18 Å². The molecule has 78 valence electrons. The quantitative estimate of drug-likeness (QED) is 0.811. The number of carbonyl (C=O) groups excluding carboxylic acids is 1. The van der Waals surface area contributed by atoms with Crippen molar-refractivity contribution in [3.63, 3.8) is 0 Å². The van der Waals surface area contributed by atoms with Crippen LogP contribution in [0.25, 0.3) is 10.9 Å². The summed E-state index contributed by atoms with van der Waals surface area (Å²) in [4.78, 5) is 11.3. The summed E-state index contributed by atoms with van der Waals surface area (Å²) in [6.45, 7) is 0. The molecule has 4 nitrogen and oxygen atoms in total. The summed E-state index contributed by atoms with van der Waals surface area (Å²) in [6, 6.07) is 2.51. The molecule has 0 spiro atoms. The molecule has 0 bridgehead atoms. The Morgan fingerprint density at radius 2 is 2.33 bits per heavy atom. The third-order valence-corrected chi connectivity index (χ3v) is 2.57. The van der Waals surface area contributed by atoms with Crippen LogP contribution in [0.15, 0.2) is 16.6 Å². The fraction of sp³-hybridized carbons (Fsp3) is 0.111. The van der Waals surface area contributed by atoms with Crippen LogP contribution < -0.4 is 0 Å². The topological polar surface area (TPSA) is 55.0 Å². The number of fused-ring (bicyclic) bond motifs is 1. The van der Waals surface area contributed by atoms with E-state index < -0.39 is 11.8 Å². The van der Waals surface area contributed by atoms with E-state index in [2.05, 4.69) is 30.9 Å². The molecule has 1 heterocycles. The number of benzene rings is 1. The molecule has 6 heteroatoms. The number of carbonyl (C=O) groups is 1. The largest absolute Gasteiger partial charge is 0.464 e. The number of ether oxygens (including phenoxy) is 1. The normalized spacial score (nSPS) is 10.6. The third-order valence-electron chi connectivity index (χ3n) is 1.97. The van der Waals surface area contributed by atoms with Gasteiger partial charge in [0.25, 0.3) is 0 Å². The Labute approximate surface area is 92.5 Å². The Hall–Kier alpha value is -1.43. The van der Waals surface area contributed by atoms with E-state index in [-0.39, 0.29) is 5.69 Å². The Morgan fingerprint density at radius 3 is 3.00 bits per heavy atom. The van der Waals surface area contributed by atoms with Gasteiger partial charge in [0, 0.05) is 9.86 Å². The van der Waals surface area contributed by atoms with Gasteiger partial charge in [-0.05, 0) is 28.1 Å². The molecule has 0 saturated carbocycles. The molecule has 0 atom stereocenters. The summed E-state index contributed by atoms with van der Waals surface area (Å²) in [5.74, 6) is -1.02. The number of rotatable bonds is 1. The minimum Gasteiger partial charge on any atom is -0.464 e. The van der Waals surface area contributed by atoms with Gasteiger partial charge in [0.15, 0.2) is 5.69 Å². The van der Waals surface area contributed by atoms with Crippen molar-refractivity contribution in [3.05, 3.63) is 28.1 Å². The van der Waals surface area contributed by atoms with Crippen LogP contribution >= 0.6 is 15.9 Å². The lowest BCUT2D eigenvalue weighted by molar-refractivity contribution is 0.0596. The second kappa shape index (κ2) is 3.62. The number of esters is 1. The number of hydrogen-bond donors (Lipinski definition) is 1. The summed E-state index contributed by atoms with van der Waals surface area (Å²) in [5, 5.41) is 6.80. The summed E-state index contributed by atoms with van der Waals surface area (Å²) < 4.78 is 18.1. The number of aromatic amines is 1. The first kappa shape index (κ1) is 10.1. The third kappa shape index (κ3) is 1.61. The van der Waals surface area contributed by atoms with Crippen molar-refractivity contribution in [1.29, 1.82) is 0 Å². The molecular weight excluding hydrogens is 267 g/mol. The SMILES string of the molecule is COC(=O)c1[nH]nc2c(Br)cc(F)cc12. The Balaban J connectivity index is 2.74. The van der Waals surface area contributed by atoms with Crippen LogP contribution in [-0.4, -0.2) is 23.3 Å². The van der Waals surface area contributed by atoms with Gasteiger partial charge < -0.3 is 4.74 Å². The Bertz CT molecular complexity index is 538. The number of methoxy groups -OCH3 is 1. The first-order valence-electron chi connectivity index (χ1n) is 4.05. The highest BCUT2D eigenvalue weighted by atomic mass is 79.9. The van der Waals surface area contributed by atoms with Gasteiger partial charge in [-0.25, -0.2) is 9.18 Å². The fourth-order valence-electron chi connectivity index (χ4n) is 1.30.